The fraction of sp³-hybridized carbons (Fsp3) is 0.818. The van der Waals surface area contributed by atoms with E-state index in [0.29, 0.717) is 0 Å². The van der Waals surface area contributed by atoms with E-state index < -0.39 is 0 Å². The molecule has 1 fully saturated rings. The van der Waals surface area contributed by atoms with E-state index in [4.69, 9.17) is 0 Å². The highest BCUT2D eigenvalue weighted by Crippen LogP contribution is 2.33. The molecule has 1 aliphatic carbocycles. The van der Waals surface area contributed by atoms with Crippen LogP contribution in [0.4, 0.5) is 0 Å². The number of hydrogen-bond donors (Lipinski definition) is 0. The normalized spacial score (nSPS) is 29.1. The maximum Gasteiger partial charge on any atom is -0.0206 e. The van der Waals surface area contributed by atoms with Crippen LogP contribution in [0, 0.1) is 11.8 Å². The first kappa shape index (κ1) is 10.7. The van der Waals surface area contributed by atoms with Crippen LogP contribution in [0.5, 0.6) is 0 Å². The topological polar surface area (TPSA) is 0 Å². The molecule has 1 saturated carbocycles. The number of rotatable bonds is 1. The summed E-state index contributed by atoms with van der Waals surface area (Å²) in [6.07, 6.45) is 4.18. The van der Waals surface area contributed by atoms with Crippen LogP contribution in [0.3, 0.4) is 0 Å². The van der Waals surface area contributed by atoms with Crippen LogP contribution in [0.25, 0.3) is 0 Å². The summed E-state index contributed by atoms with van der Waals surface area (Å²) in [4.78, 5) is 0. The fourth-order valence-corrected chi connectivity index (χ4v) is 1.65. The van der Waals surface area contributed by atoms with Gasteiger partial charge in [0.05, 0.1) is 0 Å². The molecule has 1 aliphatic rings. The second-order valence-corrected chi connectivity index (χ2v) is 3.46. The van der Waals surface area contributed by atoms with Crippen LogP contribution >= 0.6 is 0 Å². The van der Waals surface area contributed by atoms with Gasteiger partial charge in [-0.05, 0) is 31.6 Å². The molecule has 0 saturated heterocycles. The standard InChI is InChI=1S/C9H16.C2H6/c1-7(2)9-5-4-8(3)6-9;1-2/h8-9H,1,4-6H2,2-3H3;1-2H3. The maximum atomic E-state index is 3.97. The van der Waals surface area contributed by atoms with Crippen molar-refractivity contribution in [2.75, 3.05) is 0 Å². The lowest BCUT2D eigenvalue weighted by Crippen LogP contribution is -1.93. The van der Waals surface area contributed by atoms with Gasteiger partial charge in [-0.3, -0.25) is 0 Å². The van der Waals surface area contributed by atoms with Crippen LogP contribution in [0.1, 0.15) is 47.0 Å². The average Bonchev–Trinajstić information content (AvgIpc) is 2.40. The molecular weight excluding hydrogens is 132 g/mol. The van der Waals surface area contributed by atoms with Gasteiger partial charge in [0, 0.05) is 0 Å². The molecular formula is C11H22. The lowest BCUT2D eigenvalue weighted by Gasteiger charge is -2.06. The fourth-order valence-electron chi connectivity index (χ4n) is 1.65. The van der Waals surface area contributed by atoms with E-state index in [1.165, 1.54) is 24.8 Å². The van der Waals surface area contributed by atoms with Crippen molar-refractivity contribution in [1.82, 2.24) is 0 Å². The molecule has 0 aromatic heterocycles. The molecule has 0 aromatic carbocycles. The summed E-state index contributed by atoms with van der Waals surface area (Å²) < 4.78 is 0. The zero-order chi connectivity index (χ0) is 8.85. The molecule has 0 heterocycles. The largest absolute Gasteiger partial charge is 0.0999 e. The molecule has 0 bridgehead atoms. The summed E-state index contributed by atoms with van der Waals surface area (Å²) in [5.41, 5.74) is 1.39. The molecule has 1 rings (SSSR count). The summed E-state index contributed by atoms with van der Waals surface area (Å²) in [5.74, 6) is 1.80. The van der Waals surface area contributed by atoms with Gasteiger partial charge in [-0.1, -0.05) is 39.3 Å². The van der Waals surface area contributed by atoms with Gasteiger partial charge < -0.3 is 0 Å². The number of hydrogen-bond acceptors (Lipinski definition) is 0. The molecule has 0 aliphatic heterocycles. The van der Waals surface area contributed by atoms with E-state index in [-0.39, 0.29) is 0 Å². The van der Waals surface area contributed by atoms with Crippen molar-refractivity contribution in [2.24, 2.45) is 11.8 Å². The third-order valence-corrected chi connectivity index (χ3v) is 2.39. The Morgan fingerprint density at radius 2 is 1.82 bits per heavy atom. The molecule has 2 atom stereocenters. The van der Waals surface area contributed by atoms with Gasteiger partial charge in [0.1, 0.15) is 0 Å². The molecule has 66 valence electrons. The van der Waals surface area contributed by atoms with Gasteiger partial charge in [-0.25, -0.2) is 0 Å². The molecule has 0 nitrogen and oxygen atoms in total. The highest BCUT2D eigenvalue weighted by molar-refractivity contribution is 4.99. The van der Waals surface area contributed by atoms with Gasteiger partial charge in [-0.15, -0.1) is 0 Å². The highest BCUT2D eigenvalue weighted by Gasteiger charge is 2.20. The molecule has 2 unspecified atom stereocenters. The zero-order valence-electron chi connectivity index (χ0n) is 8.48. The summed E-state index contributed by atoms with van der Waals surface area (Å²) in [7, 11) is 0. The van der Waals surface area contributed by atoms with Crippen LogP contribution in [0.2, 0.25) is 0 Å². The van der Waals surface area contributed by atoms with Gasteiger partial charge in [-0.2, -0.15) is 0 Å². The molecule has 0 heteroatoms. The quantitative estimate of drug-likeness (QED) is 0.500. The Morgan fingerprint density at radius 3 is 2.00 bits per heavy atom. The predicted octanol–water partition coefficient (Wildman–Crippen LogP) is 4.02. The Hall–Kier alpha value is -0.260. The Bertz CT molecular complexity index is 113. The number of allylic oxidation sites excluding steroid dienone is 1. The monoisotopic (exact) mass is 154 g/mol. The van der Waals surface area contributed by atoms with Crippen molar-refractivity contribution >= 4 is 0 Å². The molecule has 0 aromatic rings. The summed E-state index contributed by atoms with van der Waals surface area (Å²) in [6, 6.07) is 0. The van der Waals surface area contributed by atoms with Gasteiger partial charge in [0.2, 0.25) is 0 Å². The second kappa shape index (κ2) is 5.40. The molecule has 0 N–H and O–H groups in total. The van der Waals surface area contributed by atoms with Crippen molar-refractivity contribution in [3.05, 3.63) is 12.2 Å². The van der Waals surface area contributed by atoms with Crippen LogP contribution in [0.15, 0.2) is 12.2 Å². The minimum absolute atomic E-state index is 0.847. The minimum atomic E-state index is 0.847. The molecule has 11 heavy (non-hydrogen) atoms. The van der Waals surface area contributed by atoms with E-state index in [2.05, 4.69) is 20.4 Å². The summed E-state index contributed by atoms with van der Waals surface area (Å²) in [5, 5.41) is 0. The lowest BCUT2D eigenvalue weighted by molar-refractivity contribution is 0.572. The minimum Gasteiger partial charge on any atom is -0.0999 e. The van der Waals surface area contributed by atoms with E-state index in [1.54, 1.807) is 0 Å². The van der Waals surface area contributed by atoms with E-state index >= 15 is 0 Å². The Balaban J connectivity index is 0.000000461. The van der Waals surface area contributed by atoms with Gasteiger partial charge >= 0.3 is 0 Å². The summed E-state index contributed by atoms with van der Waals surface area (Å²) >= 11 is 0. The van der Waals surface area contributed by atoms with Crippen LogP contribution in [-0.2, 0) is 0 Å². The van der Waals surface area contributed by atoms with Crippen LogP contribution < -0.4 is 0 Å². The van der Waals surface area contributed by atoms with Crippen molar-refractivity contribution in [2.45, 2.75) is 47.0 Å². The Kier molecular flexibility index (Phi) is 5.27. The van der Waals surface area contributed by atoms with Gasteiger partial charge in [0.25, 0.3) is 0 Å². The van der Waals surface area contributed by atoms with E-state index in [1.807, 2.05) is 13.8 Å². The zero-order valence-corrected chi connectivity index (χ0v) is 8.48. The first-order valence-corrected chi connectivity index (χ1v) is 4.85. The smallest absolute Gasteiger partial charge is 0.0206 e. The summed E-state index contributed by atoms with van der Waals surface area (Å²) in [6.45, 7) is 12.5. The SMILES string of the molecule is C=C(C)C1CCC(C)C1.CC. The van der Waals surface area contributed by atoms with E-state index in [9.17, 15) is 0 Å². The third-order valence-electron chi connectivity index (χ3n) is 2.39. The van der Waals surface area contributed by atoms with Crippen LogP contribution in [-0.4, -0.2) is 0 Å². The first-order chi connectivity index (χ1) is 5.20. The molecule has 0 spiro atoms. The van der Waals surface area contributed by atoms with Crippen molar-refractivity contribution in [3.8, 4) is 0 Å². The molecule has 0 amide bonds. The van der Waals surface area contributed by atoms with Crippen molar-refractivity contribution in [3.63, 3.8) is 0 Å². The maximum absolute atomic E-state index is 3.97. The second-order valence-electron chi connectivity index (χ2n) is 3.46. The van der Waals surface area contributed by atoms with E-state index in [0.717, 1.165) is 11.8 Å². The third kappa shape index (κ3) is 3.60. The Labute approximate surface area is 71.7 Å². The van der Waals surface area contributed by atoms with Gasteiger partial charge in [0.15, 0.2) is 0 Å². The Morgan fingerprint density at radius 1 is 1.27 bits per heavy atom. The lowest BCUT2D eigenvalue weighted by atomic mass is 10.00. The van der Waals surface area contributed by atoms with Crippen molar-refractivity contribution < 1.29 is 0 Å². The average molecular weight is 154 g/mol. The first-order valence-electron chi connectivity index (χ1n) is 4.85. The predicted molar refractivity (Wildman–Crippen MR) is 52.7 cm³/mol. The molecule has 0 radical (unpaired) electrons. The highest BCUT2D eigenvalue weighted by atomic mass is 14.3. The van der Waals surface area contributed by atoms with Crippen molar-refractivity contribution in [1.29, 1.82) is 0 Å².